The molecule has 0 unspecified atom stereocenters. The van der Waals surface area contributed by atoms with E-state index in [0.29, 0.717) is 15.8 Å². The summed E-state index contributed by atoms with van der Waals surface area (Å²) in [6.07, 6.45) is -9.47. The number of ether oxygens (including phenoxy) is 2. The number of benzene rings is 2. The summed E-state index contributed by atoms with van der Waals surface area (Å²) in [5.41, 5.74) is 0.396. The third-order valence-corrected chi connectivity index (χ3v) is 4.84. The predicted octanol–water partition coefficient (Wildman–Crippen LogP) is 5.23. The average molecular weight is 484 g/mol. The summed E-state index contributed by atoms with van der Waals surface area (Å²) in [4.78, 5) is 31.4. The number of anilines is 1. The number of imide groups is 1. The molecule has 0 radical (unpaired) electrons. The first kappa shape index (κ1) is 23.3. The van der Waals surface area contributed by atoms with Crippen LogP contribution in [0.2, 0.25) is 0 Å². The molecule has 0 fully saturated rings. The summed E-state index contributed by atoms with van der Waals surface area (Å²) in [5.74, 6) is -2.71. The average Bonchev–Trinajstić information content (AvgIpc) is 3.01. The Bertz CT molecular complexity index is 1270. The van der Waals surface area contributed by atoms with Gasteiger partial charge in [0, 0.05) is 23.6 Å². The molecule has 12 heteroatoms. The van der Waals surface area contributed by atoms with Crippen molar-refractivity contribution in [1.29, 1.82) is 0 Å². The number of pyridine rings is 1. The molecule has 2 aromatic carbocycles. The number of fused-ring (bicyclic) bond motifs is 3. The van der Waals surface area contributed by atoms with Crippen molar-refractivity contribution < 1.29 is 45.4 Å². The lowest BCUT2D eigenvalue weighted by Gasteiger charge is -2.18. The summed E-state index contributed by atoms with van der Waals surface area (Å²) in [5, 5.41) is 0.377. The van der Waals surface area contributed by atoms with Gasteiger partial charge in [-0.05, 0) is 13.0 Å². The highest BCUT2D eigenvalue weighted by atomic mass is 19.4. The van der Waals surface area contributed by atoms with Gasteiger partial charge < -0.3 is 9.47 Å². The lowest BCUT2D eigenvalue weighted by Crippen LogP contribution is -2.29. The minimum Gasteiger partial charge on any atom is -0.484 e. The van der Waals surface area contributed by atoms with Crippen molar-refractivity contribution in [2.75, 3.05) is 18.1 Å². The molecule has 2 amide bonds. The smallest absolute Gasteiger partial charge is 0.422 e. The Kier molecular flexibility index (Phi) is 5.62. The maximum atomic E-state index is 13.3. The van der Waals surface area contributed by atoms with Crippen LogP contribution in [0.25, 0.3) is 10.9 Å². The molecule has 178 valence electrons. The van der Waals surface area contributed by atoms with E-state index in [1.807, 2.05) is 0 Å². The maximum Gasteiger partial charge on any atom is 0.422 e. The number of hydrogen-bond donors (Lipinski definition) is 0. The molecule has 6 nitrogen and oxygen atoms in total. The minimum absolute atomic E-state index is 0.0110. The summed E-state index contributed by atoms with van der Waals surface area (Å²) >= 11 is 0. The highest BCUT2D eigenvalue weighted by molar-refractivity contribution is 6.37. The SMILES string of the molecule is Cc1nc2ccccc2c2c1C(=O)N(c1cc(OCC(F)(F)F)cc(OCC(F)(F)F)c1)C2=O. The molecule has 1 aliphatic rings. The van der Waals surface area contributed by atoms with Gasteiger partial charge in [-0.25, -0.2) is 4.90 Å². The number of rotatable bonds is 5. The molecule has 34 heavy (non-hydrogen) atoms. The van der Waals surface area contributed by atoms with Gasteiger partial charge in [-0.1, -0.05) is 18.2 Å². The van der Waals surface area contributed by atoms with E-state index in [1.165, 1.54) is 6.92 Å². The van der Waals surface area contributed by atoms with E-state index in [1.54, 1.807) is 24.3 Å². The van der Waals surface area contributed by atoms with Gasteiger partial charge in [0.15, 0.2) is 13.2 Å². The largest absolute Gasteiger partial charge is 0.484 e. The highest BCUT2D eigenvalue weighted by Crippen LogP contribution is 2.38. The van der Waals surface area contributed by atoms with Crippen LogP contribution >= 0.6 is 0 Å². The Morgan fingerprint density at radius 2 is 1.35 bits per heavy atom. The van der Waals surface area contributed by atoms with Crippen molar-refractivity contribution in [2.45, 2.75) is 19.3 Å². The van der Waals surface area contributed by atoms with Crippen LogP contribution in [0.5, 0.6) is 11.5 Å². The van der Waals surface area contributed by atoms with Gasteiger partial charge in [-0.3, -0.25) is 14.6 Å². The molecular formula is C22H14F6N2O4. The molecule has 0 saturated carbocycles. The molecular weight excluding hydrogens is 470 g/mol. The van der Waals surface area contributed by atoms with Crippen LogP contribution in [0.15, 0.2) is 42.5 Å². The third kappa shape index (κ3) is 4.61. The van der Waals surface area contributed by atoms with Crippen LogP contribution in [-0.2, 0) is 0 Å². The van der Waals surface area contributed by atoms with E-state index < -0.39 is 48.9 Å². The zero-order valence-corrected chi connectivity index (χ0v) is 17.3. The number of carbonyl (C=O) groups is 2. The van der Waals surface area contributed by atoms with Crippen LogP contribution in [0, 0.1) is 6.92 Å². The zero-order chi connectivity index (χ0) is 24.8. The van der Waals surface area contributed by atoms with Gasteiger partial charge in [-0.15, -0.1) is 0 Å². The molecule has 1 aromatic heterocycles. The molecule has 0 bridgehead atoms. The van der Waals surface area contributed by atoms with Gasteiger partial charge in [0.2, 0.25) is 0 Å². The number of halogens is 6. The monoisotopic (exact) mass is 484 g/mol. The molecule has 0 spiro atoms. The second-order valence-corrected chi connectivity index (χ2v) is 7.38. The standard InChI is InChI=1S/C22H14F6N2O4/c1-11-17-18(15-4-2-3-5-16(15)29-11)20(32)30(19(17)31)12-6-13(33-9-21(23,24)25)8-14(7-12)34-10-22(26,27)28/h2-8H,9-10H2,1H3. The Balaban J connectivity index is 1.79. The van der Waals surface area contributed by atoms with E-state index in [9.17, 15) is 35.9 Å². The van der Waals surface area contributed by atoms with Crippen LogP contribution in [-0.4, -0.2) is 42.4 Å². The Morgan fingerprint density at radius 1 is 0.824 bits per heavy atom. The summed E-state index contributed by atoms with van der Waals surface area (Å²) < 4.78 is 85.0. The number of amides is 2. The van der Waals surface area contributed by atoms with E-state index in [-0.39, 0.29) is 22.5 Å². The number of nitrogens with zero attached hydrogens (tertiary/aromatic N) is 2. The third-order valence-electron chi connectivity index (χ3n) is 4.84. The second-order valence-electron chi connectivity index (χ2n) is 7.38. The van der Waals surface area contributed by atoms with Crippen molar-refractivity contribution >= 4 is 28.4 Å². The number of alkyl halides is 6. The first-order valence-electron chi connectivity index (χ1n) is 9.66. The molecule has 0 N–H and O–H groups in total. The first-order chi connectivity index (χ1) is 15.8. The summed E-state index contributed by atoms with van der Waals surface area (Å²) in [7, 11) is 0. The number of hydrogen-bond acceptors (Lipinski definition) is 5. The highest BCUT2D eigenvalue weighted by Gasteiger charge is 2.40. The fraction of sp³-hybridized carbons (Fsp3) is 0.227. The number of carbonyl (C=O) groups excluding carboxylic acids is 2. The molecule has 3 aromatic rings. The number of para-hydroxylation sites is 1. The first-order valence-corrected chi connectivity index (χ1v) is 9.66. The van der Waals surface area contributed by atoms with E-state index in [4.69, 9.17) is 0 Å². The van der Waals surface area contributed by atoms with Gasteiger partial charge in [0.1, 0.15) is 11.5 Å². The molecule has 0 atom stereocenters. The van der Waals surface area contributed by atoms with Gasteiger partial charge in [0.25, 0.3) is 11.8 Å². The van der Waals surface area contributed by atoms with E-state index in [0.717, 1.165) is 18.2 Å². The molecule has 2 heterocycles. The van der Waals surface area contributed by atoms with Crippen molar-refractivity contribution in [1.82, 2.24) is 4.98 Å². The topological polar surface area (TPSA) is 68.7 Å². The van der Waals surface area contributed by atoms with E-state index in [2.05, 4.69) is 14.5 Å². The van der Waals surface area contributed by atoms with E-state index >= 15 is 0 Å². The molecule has 1 aliphatic heterocycles. The van der Waals surface area contributed by atoms with Crippen LogP contribution in [0.1, 0.15) is 26.4 Å². The predicted molar refractivity (Wildman–Crippen MR) is 107 cm³/mol. The van der Waals surface area contributed by atoms with Gasteiger partial charge >= 0.3 is 12.4 Å². The van der Waals surface area contributed by atoms with Crippen LogP contribution in [0.4, 0.5) is 32.0 Å². The normalized spacial score (nSPS) is 14.0. The minimum atomic E-state index is -4.74. The maximum absolute atomic E-state index is 13.3. The lowest BCUT2D eigenvalue weighted by molar-refractivity contribution is -0.153. The molecule has 0 saturated heterocycles. The van der Waals surface area contributed by atoms with Crippen LogP contribution in [0.3, 0.4) is 0 Å². The summed E-state index contributed by atoms with van der Waals surface area (Å²) in [6.45, 7) is -1.98. The van der Waals surface area contributed by atoms with Crippen molar-refractivity contribution in [3.63, 3.8) is 0 Å². The Morgan fingerprint density at radius 3 is 1.91 bits per heavy atom. The number of aryl methyl sites for hydroxylation is 1. The fourth-order valence-corrected chi connectivity index (χ4v) is 3.55. The van der Waals surface area contributed by atoms with Crippen LogP contribution < -0.4 is 14.4 Å². The lowest BCUT2D eigenvalue weighted by atomic mass is 10.0. The summed E-state index contributed by atoms with van der Waals surface area (Å²) in [6, 6.07) is 9.23. The Hall–Kier alpha value is -3.83. The second kappa shape index (κ2) is 8.19. The molecule has 0 aliphatic carbocycles. The molecule has 4 rings (SSSR count). The van der Waals surface area contributed by atoms with Crippen molar-refractivity contribution in [3.05, 3.63) is 59.3 Å². The quantitative estimate of drug-likeness (QED) is 0.367. The fourth-order valence-electron chi connectivity index (χ4n) is 3.55. The van der Waals surface area contributed by atoms with Gasteiger partial charge in [-0.2, -0.15) is 26.3 Å². The van der Waals surface area contributed by atoms with Crippen molar-refractivity contribution in [2.24, 2.45) is 0 Å². The number of aromatic nitrogens is 1. The zero-order valence-electron chi connectivity index (χ0n) is 17.3. The Labute approximate surface area is 187 Å². The van der Waals surface area contributed by atoms with Gasteiger partial charge in [0.05, 0.1) is 28.0 Å². The van der Waals surface area contributed by atoms with Crippen molar-refractivity contribution in [3.8, 4) is 11.5 Å².